The predicted octanol–water partition coefficient (Wildman–Crippen LogP) is 2.75. The lowest BCUT2D eigenvalue weighted by molar-refractivity contribution is 0.266. The molecule has 2 heteroatoms. The first-order valence-electron chi connectivity index (χ1n) is 5.51. The fraction of sp³-hybridized carbons (Fsp3) is 0.538. The molecule has 0 saturated heterocycles. The smallest absolute Gasteiger partial charge is 0.126 e. The van der Waals surface area contributed by atoms with E-state index in [1.54, 1.807) is 0 Å². The van der Waals surface area contributed by atoms with E-state index in [1.165, 1.54) is 11.1 Å². The topological polar surface area (TPSA) is 21.3 Å². The number of hydrogen-bond acceptors (Lipinski definition) is 2. The largest absolute Gasteiger partial charge is 0.493 e. The van der Waals surface area contributed by atoms with Gasteiger partial charge in [-0.25, -0.2) is 0 Å². The Morgan fingerprint density at radius 1 is 1.33 bits per heavy atom. The minimum atomic E-state index is 0.562. The molecule has 0 unspecified atom stereocenters. The first kappa shape index (κ1) is 12.1. The fourth-order valence-electron chi connectivity index (χ4n) is 1.50. The summed E-state index contributed by atoms with van der Waals surface area (Å²) in [5, 5.41) is 3.16. The van der Waals surface area contributed by atoms with Gasteiger partial charge in [0.05, 0.1) is 6.61 Å². The van der Waals surface area contributed by atoms with E-state index in [4.69, 9.17) is 4.74 Å². The standard InChI is InChI=1S/C13H21NO/c1-10(2)9-15-13-11(3)6-5-7-12(13)8-14-4/h5-7,10,14H,8-9H2,1-4H3. The summed E-state index contributed by atoms with van der Waals surface area (Å²) in [6.45, 7) is 8.05. The van der Waals surface area contributed by atoms with Crippen molar-refractivity contribution in [3.8, 4) is 5.75 Å². The zero-order valence-electron chi connectivity index (χ0n) is 10.1. The average molecular weight is 207 g/mol. The Kier molecular flexibility index (Phi) is 4.63. The molecule has 0 fully saturated rings. The molecule has 1 aromatic carbocycles. The molecular weight excluding hydrogens is 186 g/mol. The number of ether oxygens (including phenoxy) is 1. The zero-order chi connectivity index (χ0) is 11.3. The predicted molar refractivity (Wildman–Crippen MR) is 64.3 cm³/mol. The minimum absolute atomic E-state index is 0.562. The molecule has 0 saturated carbocycles. The van der Waals surface area contributed by atoms with Crippen molar-refractivity contribution in [3.05, 3.63) is 29.3 Å². The molecule has 84 valence electrons. The molecule has 1 rings (SSSR count). The normalized spacial score (nSPS) is 10.7. The molecule has 15 heavy (non-hydrogen) atoms. The van der Waals surface area contributed by atoms with Gasteiger partial charge in [-0.05, 0) is 25.5 Å². The zero-order valence-corrected chi connectivity index (χ0v) is 10.1. The molecule has 0 aliphatic heterocycles. The molecule has 0 aliphatic carbocycles. The third kappa shape index (κ3) is 3.56. The molecule has 1 N–H and O–H groups in total. The van der Waals surface area contributed by atoms with Crippen molar-refractivity contribution in [2.75, 3.05) is 13.7 Å². The highest BCUT2D eigenvalue weighted by atomic mass is 16.5. The van der Waals surface area contributed by atoms with Crippen LogP contribution >= 0.6 is 0 Å². The highest BCUT2D eigenvalue weighted by molar-refractivity contribution is 5.40. The lowest BCUT2D eigenvalue weighted by atomic mass is 10.1. The summed E-state index contributed by atoms with van der Waals surface area (Å²) >= 11 is 0. The SMILES string of the molecule is CNCc1cccc(C)c1OCC(C)C. The lowest BCUT2D eigenvalue weighted by Gasteiger charge is -2.15. The van der Waals surface area contributed by atoms with Crippen molar-refractivity contribution in [1.82, 2.24) is 5.32 Å². The Labute approximate surface area is 92.6 Å². The third-order valence-corrected chi connectivity index (χ3v) is 2.22. The number of aryl methyl sites for hydroxylation is 1. The molecule has 0 amide bonds. The second-order valence-corrected chi connectivity index (χ2v) is 4.30. The van der Waals surface area contributed by atoms with Crippen LogP contribution < -0.4 is 10.1 Å². The van der Waals surface area contributed by atoms with Crippen LogP contribution in [0.2, 0.25) is 0 Å². The lowest BCUT2D eigenvalue weighted by Crippen LogP contribution is -2.11. The molecule has 0 atom stereocenters. The molecule has 0 aromatic heterocycles. The van der Waals surface area contributed by atoms with E-state index in [0.717, 1.165) is 18.9 Å². The fourth-order valence-corrected chi connectivity index (χ4v) is 1.50. The number of benzene rings is 1. The maximum atomic E-state index is 5.84. The van der Waals surface area contributed by atoms with Crippen LogP contribution in [0, 0.1) is 12.8 Å². The first-order valence-corrected chi connectivity index (χ1v) is 5.51. The molecule has 0 heterocycles. The van der Waals surface area contributed by atoms with Crippen molar-refractivity contribution >= 4 is 0 Å². The first-order chi connectivity index (χ1) is 7.15. The van der Waals surface area contributed by atoms with Gasteiger partial charge in [-0.15, -0.1) is 0 Å². The number of hydrogen-bond donors (Lipinski definition) is 1. The van der Waals surface area contributed by atoms with Crippen LogP contribution in [0.25, 0.3) is 0 Å². The molecule has 2 nitrogen and oxygen atoms in total. The Hall–Kier alpha value is -1.02. The second-order valence-electron chi connectivity index (χ2n) is 4.30. The molecular formula is C13H21NO. The van der Waals surface area contributed by atoms with Crippen LogP contribution in [-0.2, 0) is 6.54 Å². The molecule has 1 aromatic rings. The molecule has 0 spiro atoms. The van der Waals surface area contributed by atoms with E-state index in [0.29, 0.717) is 5.92 Å². The molecule has 0 radical (unpaired) electrons. The quantitative estimate of drug-likeness (QED) is 0.801. The van der Waals surface area contributed by atoms with Gasteiger partial charge in [0.15, 0.2) is 0 Å². The highest BCUT2D eigenvalue weighted by Crippen LogP contribution is 2.23. The van der Waals surface area contributed by atoms with Gasteiger partial charge in [-0.3, -0.25) is 0 Å². The van der Waals surface area contributed by atoms with E-state index in [-0.39, 0.29) is 0 Å². The van der Waals surface area contributed by atoms with Gasteiger partial charge in [-0.2, -0.15) is 0 Å². The van der Waals surface area contributed by atoms with Gasteiger partial charge >= 0.3 is 0 Å². The van der Waals surface area contributed by atoms with Crippen molar-refractivity contribution in [2.24, 2.45) is 5.92 Å². The highest BCUT2D eigenvalue weighted by Gasteiger charge is 2.06. The van der Waals surface area contributed by atoms with Crippen molar-refractivity contribution in [1.29, 1.82) is 0 Å². The van der Waals surface area contributed by atoms with Crippen molar-refractivity contribution in [2.45, 2.75) is 27.3 Å². The monoisotopic (exact) mass is 207 g/mol. The average Bonchev–Trinajstić information content (AvgIpc) is 2.17. The van der Waals surface area contributed by atoms with E-state index < -0.39 is 0 Å². The Bertz CT molecular complexity index is 307. The summed E-state index contributed by atoms with van der Waals surface area (Å²) in [6, 6.07) is 6.28. The van der Waals surface area contributed by atoms with Crippen LogP contribution in [0.1, 0.15) is 25.0 Å². The maximum Gasteiger partial charge on any atom is 0.126 e. The van der Waals surface area contributed by atoms with Crippen LogP contribution in [0.3, 0.4) is 0 Å². The summed E-state index contributed by atoms with van der Waals surface area (Å²) in [5.74, 6) is 1.60. The Morgan fingerprint density at radius 2 is 2.07 bits per heavy atom. The van der Waals surface area contributed by atoms with Gasteiger partial charge in [0.25, 0.3) is 0 Å². The molecule has 0 aliphatic rings. The summed E-state index contributed by atoms with van der Waals surface area (Å²) in [4.78, 5) is 0. The van der Waals surface area contributed by atoms with E-state index in [1.807, 2.05) is 7.05 Å². The van der Waals surface area contributed by atoms with Gasteiger partial charge < -0.3 is 10.1 Å². The summed E-state index contributed by atoms with van der Waals surface area (Å²) in [7, 11) is 1.95. The van der Waals surface area contributed by atoms with Crippen LogP contribution in [0.4, 0.5) is 0 Å². The second kappa shape index (κ2) is 5.76. The summed E-state index contributed by atoms with van der Waals surface area (Å²) in [6.07, 6.45) is 0. The van der Waals surface area contributed by atoms with E-state index >= 15 is 0 Å². The van der Waals surface area contributed by atoms with Crippen LogP contribution in [0.15, 0.2) is 18.2 Å². The number of para-hydroxylation sites is 1. The van der Waals surface area contributed by atoms with Crippen molar-refractivity contribution in [3.63, 3.8) is 0 Å². The van der Waals surface area contributed by atoms with Gasteiger partial charge in [0, 0.05) is 12.1 Å². The van der Waals surface area contributed by atoms with E-state index in [2.05, 4.69) is 44.3 Å². The van der Waals surface area contributed by atoms with Gasteiger partial charge in [0.1, 0.15) is 5.75 Å². The minimum Gasteiger partial charge on any atom is -0.493 e. The van der Waals surface area contributed by atoms with Gasteiger partial charge in [0.2, 0.25) is 0 Å². The van der Waals surface area contributed by atoms with Gasteiger partial charge in [-0.1, -0.05) is 32.0 Å². The van der Waals surface area contributed by atoms with Crippen molar-refractivity contribution < 1.29 is 4.74 Å². The third-order valence-electron chi connectivity index (χ3n) is 2.22. The van der Waals surface area contributed by atoms with Crippen LogP contribution in [0.5, 0.6) is 5.75 Å². The number of rotatable bonds is 5. The summed E-state index contributed by atoms with van der Waals surface area (Å²) in [5.41, 5.74) is 2.45. The number of nitrogens with one attached hydrogen (secondary N) is 1. The Balaban J connectivity index is 2.81. The van der Waals surface area contributed by atoms with Crippen LogP contribution in [-0.4, -0.2) is 13.7 Å². The van der Waals surface area contributed by atoms with E-state index in [9.17, 15) is 0 Å². The Morgan fingerprint density at radius 3 is 2.67 bits per heavy atom. The maximum absolute atomic E-state index is 5.84. The molecule has 0 bridgehead atoms. The summed E-state index contributed by atoms with van der Waals surface area (Å²) < 4.78 is 5.84.